The molecular weight excluding hydrogens is 673 g/mol. The van der Waals surface area contributed by atoms with E-state index in [1.165, 1.54) is 0 Å². The molecule has 4 atom stereocenters. The number of fused-ring (bicyclic) bond motifs is 4. The number of benzene rings is 4. The molecule has 0 aromatic heterocycles. The van der Waals surface area contributed by atoms with Crippen LogP contribution in [0.4, 0.5) is 9.59 Å². The third kappa shape index (κ3) is 9.50. The fourth-order valence-electron chi connectivity index (χ4n) is 7.36. The van der Waals surface area contributed by atoms with Crippen LogP contribution in [-0.4, -0.2) is 36.5 Å². The number of allylic oxidation sites excluding steroid dienone is 1. The lowest BCUT2D eigenvalue weighted by molar-refractivity contribution is -0.0474. The molecule has 4 aromatic carbocycles. The van der Waals surface area contributed by atoms with Crippen molar-refractivity contribution in [2.45, 2.75) is 96.5 Å². The first-order valence-corrected chi connectivity index (χ1v) is 19.4. The van der Waals surface area contributed by atoms with E-state index < -0.39 is 35.5 Å². The second-order valence-electron chi connectivity index (χ2n) is 15.1. The molecule has 2 amide bonds. The molecule has 0 saturated heterocycles. The normalized spacial score (nSPS) is 18.2. The number of carbonyl (C=O) groups excluding carboxylic acids is 2. The standard InChI is InChI=1S/C47H54N2O5/c1-6-46(4,49-45(51)54-43-32-38-20-11-10-18-36(38)30-33(3)39-21-14-15-23-41(39)43)27-29-52-47(5,7-2)26-28-48-44(50)53-42-31-37-19-9-8-16-34(37)24-25-35-17-12-13-22-40(35)42/h8-25,30,42-43H,6-7,26-29,31-32H2,1-5H3,(H,48,50)(H,49,51). The summed E-state index contributed by atoms with van der Waals surface area (Å²) in [6.07, 6.45) is 8.56. The molecule has 0 saturated carbocycles. The zero-order valence-corrected chi connectivity index (χ0v) is 32.3. The van der Waals surface area contributed by atoms with E-state index in [4.69, 9.17) is 14.2 Å². The monoisotopic (exact) mass is 726 g/mol. The van der Waals surface area contributed by atoms with Gasteiger partial charge in [0.2, 0.25) is 0 Å². The molecule has 0 bridgehead atoms. The Morgan fingerprint density at radius 1 is 0.685 bits per heavy atom. The quantitative estimate of drug-likeness (QED) is 0.152. The Morgan fingerprint density at radius 3 is 1.98 bits per heavy atom. The molecule has 6 rings (SSSR count). The van der Waals surface area contributed by atoms with Gasteiger partial charge in [-0.25, -0.2) is 9.59 Å². The molecule has 0 aliphatic heterocycles. The highest BCUT2D eigenvalue weighted by Gasteiger charge is 2.31. The summed E-state index contributed by atoms with van der Waals surface area (Å²) < 4.78 is 18.8. The lowest BCUT2D eigenvalue weighted by atomic mass is 9.88. The Labute approximate surface area is 320 Å². The Balaban J connectivity index is 1.02. The van der Waals surface area contributed by atoms with Crippen LogP contribution >= 0.6 is 0 Å². The van der Waals surface area contributed by atoms with Gasteiger partial charge < -0.3 is 24.8 Å². The summed E-state index contributed by atoms with van der Waals surface area (Å²) in [6, 6.07) is 32.7. The zero-order chi connectivity index (χ0) is 38.1. The lowest BCUT2D eigenvalue weighted by Gasteiger charge is -2.34. The van der Waals surface area contributed by atoms with Gasteiger partial charge in [0, 0.05) is 42.7 Å². The SMILES string of the molecule is CCC(C)(CCOC(C)(CC)CCNC(=O)OC1Cc2ccccc2C=Cc2ccccc21)NC(=O)OC1Cc2ccccc2C=C(C)c2ccccc21. The maximum Gasteiger partial charge on any atom is 0.408 e. The summed E-state index contributed by atoms with van der Waals surface area (Å²) >= 11 is 0. The van der Waals surface area contributed by atoms with Crippen molar-refractivity contribution in [2.24, 2.45) is 0 Å². The number of carbonyl (C=O) groups is 2. The number of hydrogen-bond acceptors (Lipinski definition) is 5. The van der Waals surface area contributed by atoms with E-state index in [1.807, 2.05) is 61.5 Å². The molecule has 282 valence electrons. The van der Waals surface area contributed by atoms with Gasteiger partial charge >= 0.3 is 12.2 Å². The Bertz CT molecular complexity index is 2000. The molecule has 2 N–H and O–H groups in total. The first-order chi connectivity index (χ1) is 26.1. The van der Waals surface area contributed by atoms with Crippen molar-refractivity contribution in [1.82, 2.24) is 10.6 Å². The minimum Gasteiger partial charge on any atom is -0.441 e. The molecular formula is C47H54N2O5. The number of alkyl carbamates (subject to hydrolysis) is 2. The van der Waals surface area contributed by atoms with Gasteiger partial charge in [-0.05, 0) is 85.4 Å². The minimum absolute atomic E-state index is 0.407. The Kier molecular flexibility index (Phi) is 12.4. The van der Waals surface area contributed by atoms with Crippen molar-refractivity contribution in [2.75, 3.05) is 13.2 Å². The number of ether oxygens (including phenoxy) is 3. The van der Waals surface area contributed by atoms with E-state index in [0.29, 0.717) is 45.3 Å². The smallest absolute Gasteiger partial charge is 0.408 e. The van der Waals surface area contributed by atoms with E-state index in [2.05, 4.69) is 99.0 Å². The third-order valence-electron chi connectivity index (χ3n) is 11.3. The minimum atomic E-state index is -0.537. The lowest BCUT2D eigenvalue weighted by Crippen LogP contribution is -2.47. The third-order valence-corrected chi connectivity index (χ3v) is 11.3. The maximum atomic E-state index is 13.6. The summed E-state index contributed by atoms with van der Waals surface area (Å²) in [5.41, 5.74) is 8.81. The van der Waals surface area contributed by atoms with E-state index in [-0.39, 0.29) is 0 Å². The van der Waals surface area contributed by atoms with Gasteiger partial charge in [-0.15, -0.1) is 0 Å². The predicted molar refractivity (Wildman–Crippen MR) is 218 cm³/mol. The van der Waals surface area contributed by atoms with Gasteiger partial charge in [0.15, 0.2) is 0 Å². The highest BCUT2D eigenvalue weighted by Crippen LogP contribution is 2.35. The largest absolute Gasteiger partial charge is 0.441 e. The predicted octanol–water partition coefficient (Wildman–Crippen LogP) is 10.9. The molecule has 7 heteroatoms. The van der Waals surface area contributed by atoms with Crippen molar-refractivity contribution in [3.05, 3.63) is 142 Å². The molecule has 0 fully saturated rings. The van der Waals surface area contributed by atoms with E-state index >= 15 is 0 Å². The second kappa shape index (κ2) is 17.3. The molecule has 0 spiro atoms. The number of hydrogen-bond donors (Lipinski definition) is 2. The van der Waals surface area contributed by atoms with E-state index in [0.717, 1.165) is 56.5 Å². The maximum absolute atomic E-state index is 13.6. The first kappa shape index (κ1) is 38.6. The molecule has 0 heterocycles. The van der Waals surface area contributed by atoms with Gasteiger partial charge in [0.05, 0.1) is 5.60 Å². The second-order valence-corrected chi connectivity index (χ2v) is 15.1. The van der Waals surface area contributed by atoms with Crippen molar-refractivity contribution >= 4 is 36.0 Å². The number of amides is 2. The van der Waals surface area contributed by atoms with Crippen LogP contribution in [0.2, 0.25) is 0 Å². The molecule has 2 aliphatic rings. The zero-order valence-electron chi connectivity index (χ0n) is 32.3. The van der Waals surface area contributed by atoms with Gasteiger partial charge in [0.25, 0.3) is 0 Å². The van der Waals surface area contributed by atoms with Gasteiger partial charge in [0.1, 0.15) is 12.2 Å². The molecule has 54 heavy (non-hydrogen) atoms. The van der Waals surface area contributed by atoms with Crippen molar-refractivity contribution in [3.63, 3.8) is 0 Å². The van der Waals surface area contributed by atoms with Gasteiger partial charge in [-0.1, -0.05) is 129 Å². The summed E-state index contributed by atoms with van der Waals surface area (Å²) in [5.74, 6) is 0. The highest BCUT2D eigenvalue weighted by molar-refractivity contribution is 5.83. The molecule has 7 nitrogen and oxygen atoms in total. The highest BCUT2D eigenvalue weighted by atomic mass is 16.6. The summed E-state index contributed by atoms with van der Waals surface area (Å²) in [7, 11) is 0. The van der Waals surface area contributed by atoms with Crippen LogP contribution < -0.4 is 10.6 Å². The summed E-state index contributed by atoms with van der Waals surface area (Å²) in [5, 5.41) is 6.16. The van der Waals surface area contributed by atoms with Crippen LogP contribution in [0.5, 0.6) is 0 Å². The van der Waals surface area contributed by atoms with Crippen LogP contribution in [0, 0.1) is 0 Å². The van der Waals surface area contributed by atoms with Crippen molar-refractivity contribution in [3.8, 4) is 0 Å². The molecule has 2 aliphatic carbocycles. The van der Waals surface area contributed by atoms with Crippen molar-refractivity contribution < 1.29 is 23.8 Å². The van der Waals surface area contributed by atoms with Gasteiger partial charge in [-0.2, -0.15) is 0 Å². The van der Waals surface area contributed by atoms with Crippen LogP contribution in [0.25, 0.3) is 23.8 Å². The van der Waals surface area contributed by atoms with Crippen LogP contribution in [0.3, 0.4) is 0 Å². The van der Waals surface area contributed by atoms with Crippen molar-refractivity contribution in [1.29, 1.82) is 0 Å². The topological polar surface area (TPSA) is 85.9 Å². The van der Waals surface area contributed by atoms with Crippen LogP contribution in [-0.2, 0) is 27.1 Å². The molecule has 4 unspecified atom stereocenters. The summed E-state index contributed by atoms with van der Waals surface area (Å²) in [6.45, 7) is 11.2. The molecule has 4 aromatic rings. The van der Waals surface area contributed by atoms with Gasteiger partial charge in [-0.3, -0.25) is 0 Å². The first-order valence-electron chi connectivity index (χ1n) is 19.4. The number of nitrogens with one attached hydrogen (secondary N) is 2. The fourth-order valence-corrected chi connectivity index (χ4v) is 7.36. The molecule has 0 radical (unpaired) electrons. The Hall–Kier alpha value is -5.14. The average Bonchev–Trinajstić information content (AvgIpc) is 3.16. The average molecular weight is 727 g/mol. The van der Waals surface area contributed by atoms with Crippen LogP contribution in [0.1, 0.15) is 117 Å². The Morgan fingerprint density at radius 2 is 1.26 bits per heavy atom. The van der Waals surface area contributed by atoms with E-state index in [9.17, 15) is 9.59 Å². The summed E-state index contributed by atoms with van der Waals surface area (Å²) in [4.78, 5) is 26.7. The number of rotatable bonds is 12. The fraction of sp³-hybridized carbons (Fsp3) is 0.362. The van der Waals surface area contributed by atoms with Crippen LogP contribution in [0.15, 0.2) is 97.1 Å². The van der Waals surface area contributed by atoms with E-state index in [1.54, 1.807) is 0 Å².